The minimum absolute atomic E-state index is 0.166. The Morgan fingerprint density at radius 3 is 2.61 bits per heavy atom. The van der Waals surface area contributed by atoms with Crippen molar-refractivity contribution in [2.24, 2.45) is 5.41 Å². The topological polar surface area (TPSA) is 74.7 Å². The smallest absolute Gasteiger partial charge is 0.310 e. The predicted molar refractivity (Wildman–Crippen MR) is 67.7 cm³/mol. The van der Waals surface area contributed by atoms with E-state index in [1.807, 2.05) is 0 Å². The monoisotopic (exact) mass is 275 g/mol. The Hall–Kier alpha value is -0.620. The lowest BCUT2D eigenvalue weighted by molar-refractivity contribution is -0.153. The van der Waals surface area contributed by atoms with Gasteiger partial charge < -0.3 is 5.11 Å². The van der Waals surface area contributed by atoms with Crippen LogP contribution in [-0.2, 0) is 14.8 Å². The molecule has 1 saturated heterocycles. The summed E-state index contributed by atoms with van der Waals surface area (Å²) >= 11 is 0. The quantitative estimate of drug-likeness (QED) is 0.827. The highest BCUT2D eigenvalue weighted by Gasteiger charge is 2.49. The van der Waals surface area contributed by atoms with Crippen molar-refractivity contribution in [3.63, 3.8) is 0 Å². The zero-order valence-electron chi connectivity index (χ0n) is 10.8. The van der Waals surface area contributed by atoms with Crippen molar-refractivity contribution >= 4 is 16.0 Å². The van der Waals surface area contributed by atoms with Crippen molar-refractivity contribution in [1.82, 2.24) is 4.31 Å². The Balaban J connectivity index is 2.31. The first-order valence-corrected chi connectivity index (χ1v) is 8.22. The van der Waals surface area contributed by atoms with Gasteiger partial charge >= 0.3 is 5.97 Å². The highest BCUT2D eigenvalue weighted by Crippen LogP contribution is 2.41. The molecule has 2 fully saturated rings. The molecule has 0 aromatic rings. The van der Waals surface area contributed by atoms with E-state index in [2.05, 4.69) is 0 Å². The number of rotatable bonds is 2. The van der Waals surface area contributed by atoms with Crippen molar-refractivity contribution in [1.29, 1.82) is 0 Å². The Kier molecular flexibility index (Phi) is 3.69. The number of sulfonamides is 1. The van der Waals surface area contributed by atoms with Crippen LogP contribution in [0.1, 0.15) is 45.4 Å². The van der Waals surface area contributed by atoms with Crippen molar-refractivity contribution in [3.8, 4) is 0 Å². The maximum absolute atomic E-state index is 12.1. The lowest BCUT2D eigenvalue weighted by Gasteiger charge is -2.45. The van der Waals surface area contributed by atoms with Crippen LogP contribution in [-0.4, -0.2) is 42.1 Å². The minimum Gasteiger partial charge on any atom is -0.481 e. The zero-order valence-corrected chi connectivity index (χ0v) is 11.6. The molecule has 0 bridgehead atoms. The van der Waals surface area contributed by atoms with Gasteiger partial charge in [-0.15, -0.1) is 0 Å². The number of aliphatic carboxylic acids is 1. The molecule has 0 aromatic carbocycles. The second-order valence-electron chi connectivity index (χ2n) is 5.62. The molecule has 1 saturated carbocycles. The third-order valence-corrected chi connectivity index (χ3v) is 6.34. The van der Waals surface area contributed by atoms with Gasteiger partial charge in [0.15, 0.2) is 0 Å². The van der Waals surface area contributed by atoms with E-state index in [-0.39, 0.29) is 11.8 Å². The van der Waals surface area contributed by atoms with E-state index in [1.165, 1.54) is 4.31 Å². The van der Waals surface area contributed by atoms with E-state index in [1.54, 1.807) is 6.92 Å². The van der Waals surface area contributed by atoms with Crippen LogP contribution >= 0.6 is 0 Å². The molecule has 1 heterocycles. The lowest BCUT2D eigenvalue weighted by Crippen LogP contribution is -2.56. The summed E-state index contributed by atoms with van der Waals surface area (Å²) in [6.45, 7) is 2.18. The first-order chi connectivity index (χ1) is 8.38. The van der Waals surface area contributed by atoms with Gasteiger partial charge in [0, 0.05) is 12.6 Å². The van der Waals surface area contributed by atoms with Crippen molar-refractivity contribution < 1.29 is 18.3 Å². The molecule has 1 N–H and O–H groups in total. The maximum Gasteiger partial charge on any atom is 0.310 e. The minimum atomic E-state index is -3.26. The summed E-state index contributed by atoms with van der Waals surface area (Å²) in [6.07, 6.45) is 4.55. The van der Waals surface area contributed by atoms with Gasteiger partial charge in [-0.2, -0.15) is 4.31 Å². The molecule has 0 spiro atoms. The number of carboxylic acid groups (broad SMARTS) is 1. The summed E-state index contributed by atoms with van der Waals surface area (Å²) in [7, 11) is -3.26. The molecule has 0 aromatic heterocycles. The largest absolute Gasteiger partial charge is 0.481 e. The molecule has 2 unspecified atom stereocenters. The fourth-order valence-electron chi connectivity index (χ4n) is 3.18. The molecular formula is C12H21NO4S. The third kappa shape index (κ3) is 2.28. The van der Waals surface area contributed by atoms with Gasteiger partial charge in [0.2, 0.25) is 10.0 Å². The second kappa shape index (κ2) is 4.81. The molecule has 6 heteroatoms. The maximum atomic E-state index is 12.1. The Bertz CT molecular complexity index is 433. The summed E-state index contributed by atoms with van der Waals surface area (Å²) in [4.78, 5) is 11.5. The zero-order chi connectivity index (χ0) is 13.4. The van der Waals surface area contributed by atoms with E-state index >= 15 is 0 Å². The molecule has 104 valence electrons. The van der Waals surface area contributed by atoms with E-state index in [0.717, 1.165) is 19.3 Å². The van der Waals surface area contributed by atoms with Crippen LogP contribution in [0.3, 0.4) is 0 Å². The van der Waals surface area contributed by atoms with Crippen LogP contribution in [0, 0.1) is 5.41 Å². The average molecular weight is 275 g/mol. The van der Waals surface area contributed by atoms with Crippen LogP contribution in [0.5, 0.6) is 0 Å². The van der Waals surface area contributed by atoms with E-state index in [9.17, 15) is 18.3 Å². The first kappa shape index (κ1) is 13.8. The molecule has 5 nitrogen and oxygen atoms in total. The standard InChI is InChI=1S/C12H21NO4S/c1-12(11(14)15)7-3-2-6-10(12)13-8-4-5-9-18(13,16)17/h10H,2-9H2,1H3,(H,14,15). The Labute approximate surface area is 108 Å². The van der Waals surface area contributed by atoms with Gasteiger partial charge in [-0.25, -0.2) is 8.42 Å². The molecule has 0 amide bonds. The SMILES string of the molecule is CC1(C(=O)O)CCCCC1N1CCCCS1(=O)=O. The highest BCUT2D eigenvalue weighted by atomic mass is 32.2. The number of nitrogens with zero attached hydrogens (tertiary/aromatic N) is 1. The Morgan fingerprint density at radius 1 is 1.28 bits per heavy atom. The molecular weight excluding hydrogens is 254 g/mol. The predicted octanol–water partition coefficient (Wildman–Crippen LogP) is 1.45. The van der Waals surface area contributed by atoms with Gasteiger partial charge in [-0.05, 0) is 32.6 Å². The number of carboxylic acids is 1. The van der Waals surface area contributed by atoms with Gasteiger partial charge in [0.25, 0.3) is 0 Å². The molecule has 18 heavy (non-hydrogen) atoms. The summed E-state index contributed by atoms with van der Waals surface area (Å²) < 4.78 is 25.7. The second-order valence-corrected chi connectivity index (χ2v) is 7.66. The van der Waals surface area contributed by atoms with Crippen LogP contribution in [0.25, 0.3) is 0 Å². The lowest BCUT2D eigenvalue weighted by atomic mass is 9.71. The molecule has 2 aliphatic rings. The number of hydrogen-bond donors (Lipinski definition) is 1. The number of hydrogen-bond acceptors (Lipinski definition) is 3. The Morgan fingerprint density at radius 2 is 2.00 bits per heavy atom. The third-order valence-electron chi connectivity index (χ3n) is 4.38. The molecule has 1 aliphatic heterocycles. The van der Waals surface area contributed by atoms with Gasteiger partial charge in [-0.3, -0.25) is 4.79 Å². The number of carbonyl (C=O) groups is 1. The normalized spacial score (nSPS) is 37.3. The van der Waals surface area contributed by atoms with Crippen LogP contribution in [0.4, 0.5) is 0 Å². The van der Waals surface area contributed by atoms with Crippen molar-refractivity contribution in [2.45, 2.75) is 51.5 Å². The highest BCUT2D eigenvalue weighted by molar-refractivity contribution is 7.89. The fraction of sp³-hybridized carbons (Fsp3) is 0.917. The molecule has 0 radical (unpaired) electrons. The summed E-state index contributed by atoms with van der Waals surface area (Å²) in [5.41, 5.74) is -0.928. The average Bonchev–Trinajstić information content (AvgIpc) is 2.30. The van der Waals surface area contributed by atoms with Gasteiger partial charge in [0.1, 0.15) is 0 Å². The summed E-state index contributed by atoms with van der Waals surface area (Å²) in [6, 6.07) is -0.367. The van der Waals surface area contributed by atoms with Crippen molar-refractivity contribution in [3.05, 3.63) is 0 Å². The van der Waals surface area contributed by atoms with Crippen LogP contribution in [0.2, 0.25) is 0 Å². The summed E-state index contributed by atoms with van der Waals surface area (Å²) in [5.74, 6) is -0.702. The first-order valence-electron chi connectivity index (χ1n) is 6.61. The van der Waals surface area contributed by atoms with E-state index < -0.39 is 21.4 Å². The molecule has 2 rings (SSSR count). The van der Waals surface area contributed by atoms with Gasteiger partial charge in [0.05, 0.1) is 11.2 Å². The van der Waals surface area contributed by atoms with Crippen LogP contribution in [0.15, 0.2) is 0 Å². The van der Waals surface area contributed by atoms with E-state index in [4.69, 9.17) is 0 Å². The molecule has 1 aliphatic carbocycles. The van der Waals surface area contributed by atoms with Gasteiger partial charge in [-0.1, -0.05) is 12.8 Å². The summed E-state index contributed by atoms with van der Waals surface area (Å²) in [5, 5.41) is 9.45. The molecule has 2 atom stereocenters. The van der Waals surface area contributed by atoms with E-state index in [0.29, 0.717) is 25.8 Å². The van der Waals surface area contributed by atoms with Crippen molar-refractivity contribution in [2.75, 3.05) is 12.3 Å². The van der Waals surface area contributed by atoms with Crippen LogP contribution < -0.4 is 0 Å². The fourth-order valence-corrected chi connectivity index (χ4v) is 5.12.